The summed E-state index contributed by atoms with van der Waals surface area (Å²) >= 11 is 0. The van der Waals surface area contributed by atoms with E-state index in [2.05, 4.69) is 13.8 Å². The molecule has 0 aliphatic heterocycles. The van der Waals surface area contributed by atoms with Crippen molar-refractivity contribution in [3.63, 3.8) is 0 Å². The Morgan fingerprint density at radius 1 is 0.735 bits per heavy atom. The normalized spacial score (nSPS) is 28.3. The van der Waals surface area contributed by atoms with Gasteiger partial charge in [-0.1, -0.05) is 20.8 Å². The maximum absolute atomic E-state index is 13.3. The van der Waals surface area contributed by atoms with E-state index >= 15 is 0 Å². The van der Waals surface area contributed by atoms with Crippen molar-refractivity contribution < 1.29 is 28.6 Å². The fraction of sp³-hybridized carbons (Fsp3) is 0.893. The van der Waals surface area contributed by atoms with Crippen molar-refractivity contribution in [1.82, 2.24) is 0 Å². The molecule has 194 valence electrons. The van der Waals surface area contributed by atoms with Gasteiger partial charge in [-0.3, -0.25) is 14.4 Å². The van der Waals surface area contributed by atoms with E-state index in [1.54, 1.807) is 0 Å². The Balaban J connectivity index is 1.74. The van der Waals surface area contributed by atoms with Gasteiger partial charge in [0.1, 0.15) is 17.3 Å². The van der Waals surface area contributed by atoms with Crippen molar-refractivity contribution >= 4 is 17.9 Å². The summed E-state index contributed by atoms with van der Waals surface area (Å²) in [7, 11) is 0. The lowest BCUT2D eigenvalue weighted by molar-refractivity contribution is -0.180. The summed E-state index contributed by atoms with van der Waals surface area (Å²) in [6.45, 7) is 9.84. The van der Waals surface area contributed by atoms with Crippen LogP contribution in [0.4, 0.5) is 0 Å². The molecule has 3 fully saturated rings. The fourth-order valence-corrected chi connectivity index (χ4v) is 5.89. The second kappa shape index (κ2) is 11.0. The Hall–Kier alpha value is -1.59. The molecule has 0 amide bonds. The lowest BCUT2D eigenvalue weighted by atomic mass is 9.79. The fourth-order valence-electron chi connectivity index (χ4n) is 5.89. The second-order valence-corrected chi connectivity index (χ2v) is 11.7. The van der Waals surface area contributed by atoms with E-state index in [0.29, 0.717) is 25.7 Å². The maximum atomic E-state index is 13.3. The Bertz CT molecular complexity index is 683. The summed E-state index contributed by atoms with van der Waals surface area (Å²) in [4.78, 5) is 39.5. The Labute approximate surface area is 205 Å². The summed E-state index contributed by atoms with van der Waals surface area (Å²) in [5, 5.41) is 0. The van der Waals surface area contributed by atoms with Crippen LogP contribution in [-0.2, 0) is 28.6 Å². The van der Waals surface area contributed by atoms with Crippen LogP contribution in [0.2, 0.25) is 0 Å². The molecular weight excluding hydrogens is 432 g/mol. The molecular formula is C28H46O6. The van der Waals surface area contributed by atoms with Crippen LogP contribution >= 0.6 is 0 Å². The first-order valence-electron chi connectivity index (χ1n) is 13.7. The van der Waals surface area contributed by atoms with E-state index in [1.807, 2.05) is 20.8 Å². The maximum Gasteiger partial charge on any atom is 0.311 e. The van der Waals surface area contributed by atoms with Gasteiger partial charge in [-0.15, -0.1) is 0 Å². The molecule has 0 radical (unpaired) electrons. The first-order chi connectivity index (χ1) is 16.1. The van der Waals surface area contributed by atoms with Crippen LogP contribution in [0.15, 0.2) is 0 Å². The van der Waals surface area contributed by atoms with Gasteiger partial charge >= 0.3 is 17.9 Å². The monoisotopic (exact) mass is 478 g/mol. The van der Waals surface area contributed by atoms with Crippen LogP contribution in [0.1, 0.15) is 125 Å². The number of ether oxygens (including phenoxy) is 3. The molecule has 0 aromatic rings. The van der Waals surface area contributed by atoms with Crippen molar-refractivity contribution in [2.24, 2.45) is 17.3 Å². The predicted molar refractivity (Wildman–Crippen MR) is 130 cm³/mol. The predicted octanol–water partition coefficient (Wildman–Crippen LogP) is 6.28. The number of hydrogen-bond donors (Lipinski definition) is 0. The summed E-state index contributed by atoms with van der Waals surface area (Å²) in [5.74, 6) is -1.69. The Morgan fingerprint density at radius 2 is 1.15 bits per heavy atom. The molecule has 0 N–H and O–H groups in total. The largest absolute Gasteiger partial charge is 0.462 e. The molecule has 0 saturated heterocycles. The summed E-state index contributed by atoms with van der Waals surface area (Å²) in [6.07, 6.45) is 10.9. The van der Waals surface area contributed by atoms with Crippen LogP contribution in [0.5, 0.6) is 0 Å². The van der Waals surface area contributed by atoms with Crippen molar-refractivity contribution in [1.29, 1.82) is 0 Å². The third kappa shape index (κ3) is 6.15. The molecule has 0 spiro atoms. The van der Waals surface area contributed by atoms with Crippen molar-refractivity contribution in [3.8, 4) is 0 Å². The Morgan fingerprint density at radius 3 is 1.50 bits per heavy atom. The van der Waals surface area contributed by atoms with Gasteiger partial charge in [-0.05, 0) is 104 Å². The average Bonchev–Trinajstić information content (AvgIpc) is 3.49. The molecule has 0 aromatic carbocycles. The molecule has 2 atom stereocenters. The van der Waals surface area contributed by atoms with E-state index < -0.39 is 23.4 Å². The standard InChI is InChI=1S/C28H46O6/c1-6-26(4,5)25(31)32-22-18-20(23(29)33-27(7-2)13-9-10-14-27)17-21(19-22)24(30)34-28(8-3)15-11-12-16-28/h20-22H,6-19H2,1-5H3. The van der Waals surface area contributed by atoms with Gasteiger partial charge in [0.15, 0.2) is 0 Å². The molecule has 3 saturated carbocycles. The van der Waals surface area contributed by atoms with Crippen molar-refractivity contribution in [3.05, 3.63) is 0 Å². The number of rotatable bonds is 9. The van der Waals surface area contributed by atoms with Crippen molar-refractivity contribution in [2.45, 2.75) is 142 Å². The average molecular weight is 479 g/mol. The zero-order chi connectivity index (χ0) is 25.0. The third-order valence-electron chi connectivity index (χ3n) is 8.99. The lowest BCUT2D eigenvalue weighted by Crippen LogP contribution is -2.43. The molecule has 6 heteroatoms. The van der Waals surface area contributed by atoms with Gasteiger partial charge in [0, 0.05) is 0 Å². The second-order valence-electron chi connectivity index (χ2n) is 11.7. The Kier molecular flexibility index (Phi) is 8.73. The summed E-state index contributed by atoms with van der Waals surface area (Å²) in [5.41, 5.74) is -1.36. The van der Waals surface area contributed by atoms with Crippen LogP contribution in [0.3, 0.4) is 0 Å². The molecule has 2 unspecified atom stereocenters. The van der Waals surface area contributed by atoms with Gasteiger partial charge in [0.25, 0.3) is 0 Å². The topological polar surface area (TPSA) is 78.9 Å². The smallest absolute Gasteiger partial charge is 0.311 e. The number of carbonyl (C=O) groups excluding carboxylic acids is 3. The zero-order valence-electron chi connectivity index (χ0n) is 22.1. The van der Waals surface area contributed by atoms with E-state index in [0.717, 1.165) is 64.2 Å². The van der Waals surface area contributed by atoms with Gasteiger partial charge < -0.3 is 14.2 Å². The molecule has 6 nitrogen and oxygen atoms in total. The molecule has 0 aromatic heterocycles. The van der Waals surface area contributed by atoms with E-state index in [9.17, 15) is 14.4 Å². The molecule has 0 bridgehead atoms. The molecule has 34 heavy (non-hydrogen) atoms. The summed E-state index contributed by atoms with van der Waals surface area (Å²) in [6, 6.07) is 0. The SMILES string of the molecule is CCC1(OC(=O)C2CC(OC(=O)C(C)(C)CC)CC(C(=O)OC3(CC)CCCC3)C2)CCCC1. The van der Waals surface area contributed by atoms with E-state index in [1.165, 1.54) is 0 Å². The van der Waals surface area contributed by atoms with Gasteiger partial charge in [0.05, 0.1) is 17.3 Å². The highest BCUT2D eigenvalue weighted by molar-refractivity contribution is 5.78. The van der Waals surface area contributed by atoms with E-state index in [-0.39, 0.29) is 29.1 Å². The number of carbonyl (C=O) groups is 3. The lowest BCUT2D eigenvalue weighted by Gasteiger charge is -2.37. The van der Waals surface area contributed by atoms with Crippen molar-refractivity contribution in [2.75, 3.05) is 0 Å². The molecule has 3 rings (SSSR count). The van der Waals surface area contributed by atoms with Gasteiger partial charge in [-0.2, -0.15) is 0 Å². The quantitative estimate of drug-likeness (QED) is 0.286. The highest BCUT2D eigenvalue weighted by Crippen LogP contribution is 2.42. The minimum Gasteiger partial charge on any atom is -0.462 e. The number of esters is 3. The van der Waals surface area contributed by atoms with E-state index in [4.69, 9.17) is 14.2 Å². The third-order valence-corrected chi connectivity index (χ3v) is 8.99. The molecule has 3 aliphatic rings. The summed E-state index contributed by atoms with van der Waals surface area (Å²) < 4.78 is 18.1. The number of hydrogen-bond acceptors (Lipinski definition) is 6. The van der Waals surface area contributed by atoms with Crippen LogP contribution in [0, 0.1) is 17.3 Å². The molecule has 0 heterocycles. The van der Waals surface area contributed by atoms with Gasteiger partial charge in [-0.25, -0.2) is 0 Å². The molecule has 3 aliphatic carbocycles. The van der Waals surface area contributed by atoms with Crippen LogP contribution < -0.4 is 0 Å². The zero-order valence-corrected chi connectivity index (χ0v) is 22.1. The minimum atomic E-state index is -0.601. The minimum absolute atomic E-state index is 0.247. The van der Waals surface area contributed by atoms with Crippen LogP contribution in [0.25, 0.3) is 0 Å². The van der Waals surface area contributed by atoms with Crippen LogP contribution in [-0.4, -0.2) is 35.2 Å². The van der Waals surface area contributed by atoms with Gasteiger partial charge in [0.2, 0.25) is 0 Å². The first-order valence-corrected chi connectivity index (χ1v) is 13.7. The highest BCUT2D eigenvalue weighted by Gasteiger charge is 2.45. The highest BCUT2D eigenvalue weighted by atomic mass is 16.6. The first kappa shape index (κ1) is 27.0.